The first-order chi connectivity index (χ1) is 7.75. The Morgan fingerprint density at radius 1 is 1.25 bits per heavy atom. The first kappa shape index (κ1) is 11.6. The molecule has 1 aliphatic rings. The minimum atomic E-state index is -0.110. The van der Waals surface area contributed by atoms with Crippen LogP contribution in [0, 0.1) is 12.7 Å². The Morgan fingerprint density at radius 3 is 2.69 bits per heavy atom. The van der Waals surface area contributed by atoms with E-state index < -0.39 is 0 Å². The monoisotopic (exact) mass is 221 g/mol. The highest BCUT2D eigenvalue weighted by Gasteiger charge is 2.12. The van der Waals surface area contributed by atoms with Crippen molar-refractivity contribution in [3.63, 3.8) is 0 Å². The number of nitrogens with one attached hydrogen (secondary N) is 1. The summed E-state index contributed by atoms with van der Waals surface area (Å²) in [6.45, 7) is 2.69. The number of benzene rings is 1. The molecule has 88 valence electrons. The lowest BCUT2D eigenvalue weighted by molar-refractivity contribution is 0.372. The third-order valence-electron chi connectivity index (χ3n) is 3.42. The molecule has 1 aromatic rings. The van der Waals surface area contributed by atoms with Crippen LogP contribution in [0.3, 0.4) is 0 Å². The standard InChI is InChI=1S/C14H20FN/c1-11-9-12(7-8-14(11)15)10-16-13-5-3-2-4-6-13/h7-9,13,16H,2-6,10H2,1H3. The molecule has 1 saturated carbocycles. The van der Waals surface area contributed by atoms with E-state index in [1.165, 1.54) is 37.7 Å². The van der Waals surface area contributed by atoms with E-state index in [2.05, 4.69) is 5.32 Å². The van der Waals surface area contributed by atoms with Crippen molar-refractivity contribution in [1.29, 1.82) is 0 Å². The zero-order valence-electron chi connectivity index (χ0n) is 9.93. The van der Waals surface area contributed by atoms with Gasteiger partial charge in [-0.1, -0.05) is 31.4 Å². The van der Waals surface area contributed by atoms with Gasteiger partial charge in [-0.15, -0.1) is 0 Å². The molecule has 0 atom stereocenters. The van der Waals surface area contributed by atoms with E-state index in [1.807, 2.05) is 19.1 Å². The normalized spacial score (nSPS) is 17.6. The average molecular weight is 221 g/mol. The molecule has 0 unspecified atom stereocenters. The van der Waals surface area contributed by atoms with Gasteiger partial charge in [0.25, 0.3) is 0 Å². The first-order valence-electron chi connectivity index (χ1n) is 6.24. The highest BCUT2D eigenvalue weighted by molar-refractivity contribution is 5.23. The number of halogens is 1. The largest absolute Gasteiger partial charge is 0.310 e. The molecule has 1 fully saturated rings. The number of hydrogen-bond acceptors (Lipinski definition) is 1. The van der Waals surface area contributed by atoms with Crippen molar-refractivity contribution in [2.45, 2.75) is 51.6 Å². The van der Waals surface area contributed by atoms with Gasteiger partial charge in [-0.25, -0.2) is 4.39 Å². The fourth-order valence-electron chi connectivity index (χ4n) is 2.39. The smallest absolute Gasteiger partial charge is 0.126 e. The Hall–Kier alpha value is -0.890. The third kappa shape index (κ3) is 3.05. The molecule has 0 bridgehead atoms. The van der Waals surface area contributed by atoms with Crippen LogP contribution < -0.4 is 5.32 Å². The lowest BCUT2D eigenvalue weighted by Gasteiger charge is -2.22. The minimum absolute atomic E-state index is 0.110. The number of aryl methyl sites for hydroxylation is 1. The van der Waals surface area contributed by atoms with Crippen molar-refractivity contribution in [2.24, 2.45) is 0 Å². The lowest BCUT2D eigenvalue weighted by atomic mass is 9.95. The summed E-state index contributed by atoms with van der Waals surface area (Å²) in [5.41, 5.74) is 1.92. The molecular formula is C14H20FN. The molecule has 0 heterocycles. The van der Waals surface area contributed by atoms with E-state index in [0.717, 1.165) is 12.1 Å². The van der Waals surface area contributed by atoms with Crippen molar-refractivity contribution in [2.75, 3.05) is 0 Å². The van der Waals surface area contributed by atoms with Crippen LogP contribution in [0.2, 0.25) is 0 Å². The highest BCUT2D eigenvalue weighted by Crippen LogP contribution is 2.18. The fourth-order valence-corrected chi connectivity index (χ4v) is 2.39. The van der Waals surface area contributed by atoms with Gasteiger partial charge in [0, 0.05) is 12.6 Å². The second-order valence-corrected chi connectivity index (χ2v) is 4.80. The molecule has 0 radical (unpaired) electrons. The zero-order chi connectivity index (χ0) is 11.4. The van der Waals surface area contributed by atoms with E-state index in [1.54, 1.807) is 6.07 Å². The fraction of sp³-hybridized carbons (Fsp3) is 0.571. The van der Waals surface area contributed by atoms with Crippen LogP contribution in [0.5, 0.6) is 0 Å². The summed E-state index contributed by atoms with van der Waals surface area (Å²) in [4.78, 5) is 0. The number of hydrogen-bond donors (Lipinski definition) is 1. The van der Waals surface area contributed by atoms with E-state index in [9.17, 15) is 4.39 Å². The molecule has 1 aromatic carbocycles. The molecular weight excluding hydrogens is 201 g/mol. The first-order valence-corrected chi connectivity index (χ1v) is 6.24. The van der Waals surface area contributed by atoms with E-state index >= 15 is 0 Å². The van der Waals surface area contributed by atoms with Gasteiger partial charge in [0.05, 0.1) is 0 Å². The molecule has 0 amide bonds. The van der Waals surface area contributed by atoms with Gasteiger partial charge in [0.2, 0.25) is 0 Å². The van der Waals surface area contributed by atoms with E-state index in [-0.39, 0.29) is 5.82 Å². The predicted molar refractivity (Wildman–Crippen MR) is 64.8 cm³/mol. The summed E-state index contributed by atoms with van der Waals surface area (Å²) in [6, 6.07) is 6.04. The maximum atomic E-state index is 13.1. The molecule has 1 N–H and O–H groups in total. The van der Waals surface area contributed by atoms with Gasteiger partial charge in [0.15, 0.2) is 0 Å². The van der Waals surface area contributed by atoms with Crippen molar-refractivity contribution in [3.8, 4) is 0 Å². The van der Waals surface area contributed by atoms with Gasteiger partial charge < -0.3 is 5.32 Å². The summed E-state index contributed by atoms with van der Waals surface area (Å²) in [7, 11) is 0. The Morgan fingerprint density at radius 2 is 2.00 bits per heavy atom. The van der Waals surface area contributed by atoms with Gasteiger partial charge in [0.1, 0.15) is 5.82 Å². The molecule has 2 heteroatoms. The predicted octanol–water partition coefficient (Wildman–Crippen LogP) is 3.56. The number of rotatable bonds is 3. The lowest BCUT2D eigenvalue weighted by Crippen LogP contribution is -2.30. The van der Waals surface area contributed by atoms with Crippen molar-refractivity contribution in [1.82, 2.24) is 5.32 Å². The Kier molecular flexibility index (Phi) is 3.94. The average Bonchev–Trinajstić information content (AvgIpc) is 2.32. The second kappa shape index (κ2) is 5.44. The molecule has 2 rings (SSSR count). The van der Waals surface area contributed by atoms with Crippen molar-refractivity contribution < 1.29 is 4.39 Å². The zero-order valence-corrected chi connectivity index (χ0v) is 9.93. The van der Waals surface area contributed by atoms with E-state index in [4.69, 9.17) is 0 Å². The Balaban J connectivity index is 1.86. The SMILES string of the molecule is Cc1cc(CNC2CCCCC2)ccc1F. The maximum Gasteiger partial charge on any atom is 0.126 e. The summed E-state index contributed by atoms with van der Waals surface area (Å²) < 4.78 is 13.1. The van der Waals surface area contributed by atoms with Gasteiger partial charge >= 0.3 is 0 Å². The third-order valence-corrected chi connectivity index (χ3v) is 3.42. The maximum absolute atomic E-state index is 13.1. The van der Waals surface area contributed by atoms with Crippen LogP contribution >= 0.6 is 0 Å². The Bertz CT molecular complexity index is 343. The van der Waals surface area contributed by atoms with Gasteiger partial charge in [-0.05, 0) is 37.0 Å². The summed E-state index contributed by atoms with van der Waals surface area (Å²) in [5.74, 6) is -0.110. The van der Waals surface area contributed by atoms with Gasteiger partial charge in [-0.2, -0.15) is 0 Å². The second-order valence-electron chi connectivity index (χ2n) is 4.80. The van der Waals surface area contributed by atoms with E-state index in [0.29, 0.717) is 6.04 Å². The molecule has 0 saturated heterocycles. The molecule has 1 aliphatic carbocycles. The summed E-state index contributed by atoms with van der Waals surface area (Å²) >= 11 is 0. The highest BCUT2D eigenvalue weighted by atomic mass is 19.1. The molecule has 16 heavy (non-hydrogen) atoms. The van der Waals surface area contributed by atoms with Crippen LogP contribution in [-0.2, 0) is 6.54 Å². The van der Waals surface area contributed by atoms with Crippen LogP contribution in [-0.4, -0.2) is 6.04 Å². The summed E-state index contributed by atoms with van der Waals surface area (Å²) in [6.07, 6.45) is 6.66. The van der Waals surface area contributed by atoms with Crippen molar-refractivity contribution in [3.05, 3.63) is 35.1 Å². The minimum Gasteiger partial charge on any atom is -0.310 e. The van der Waals surface area contributed by atoms with Crippen molar-refractivity contribution >= 4 is 0 Å². The van der Waals surface area contributed by atoms with Crippen LogP contribution in [0.1, 0.15) is 43.2 Å². The van der Waals surface area contributed by atoms with Crippen LogP contribution in [0.4, 0.5) is 4.39 Å². The Labute approximate surface area is 97.1 Å². The molecule has 0 aromatic heterocycles. The molecule has 0 spiro atoms. The van der Waals surface area contributed by atoms with Gasteiger partial charge in [-0.3, -0.25) is 0 Å². The quantitative estimate of drug-likeness (QED) is 0.823. The molecule has 1 nitrogen and oxygen atoms in total. The molecule has 0 aliphatic heterocycles. The van der Waals surface area contributed by atoms with Crippen LogP contribution in [0.15, 0.2) is 18.2 Å². The summed E-state index contributed by atoms with van der Waals surface area (Å²) in [5, 5.41) is 3.56. The van der Waals surface area contributed by atoms with Crippen LogP contribution in [0.25, 0.3) is 0 Å². The topological polar surface area (TPSA) is 12.0 Å².